The fourth-order valence-corrected chi connectivity index (χ4v) is 0.971. The smallest absolute Gasteiger partial charge is 0.0656 e. The first-order valence-corrected chi connectivity index (χ1v) is 3.53. The molecule has 40 valence electrons. The molecule has 2 atom stereocenters. The van der Waals surface area contributed by atoms with Crippen LogP contribution < -0.4 is 0 Å². The zero-order valence-corrected chi connectivity index (χ0v) is 6.01. The summed E-state index contributed by atoms with van der Waals surface area (Å²) in [4.78, 5) is 0. The van der Waals surface area contributed by atoms with E-state index < -0.39 is 0 Å². The number of rotatable bonds is 3. The van der Waals surface area contributed by atoms with Crippen LogP contribution in [0.25, 0.3) is 0 Å². The molecule has 0 fully saturated rings. The van der Waals surface area contributed by atoms with Gasteiger partial charge >= 0.3 is 0 Å². The highest BCUT2D eigenvalue weighted by Gasteiger charge is 1.92. The molecule has 0 aromatic carbocycles. The van der Waals surface area contributed by atoms with Gasteiger partial charge in [-0.05, 0) is 12.6 Å². The van der Waals surface area contributed by atoms with Gasteiger partial charge in [0.15, 0.2) is 0 Å². The van der Waals surface area contributed by atoms with Crippen LogP contribution in [0.1, 0.15) is 13.3 Å². The quantitative estimate of drug-likeness (QED) is 0.385. The highest BCUT2D eigenvalue weighted by atomic mass is 31.0. The Bertz CT molecular complexity index is 39.1. The molecule has 0 nitrogen and oxygen atoms in total. The lowest BCUT2D eigenvalue weighted by molar-refractivity contribution is 0.631. The molecule has 2 unspecified atom stereocenters. The first-order valence-electron chi connectivity index (χ1n) is 2.71. The minimum absolute atomic E-state index is 0.706. The molecular formula is C5H12BP. The van der Waals surface area contributed by atoms with Gasteiger partial charge < -0.3 is 0 Å². The Kier molecular flexibility index (Phi) is 4.98. The lowest BCUT2D eigenvalue weighted by Gasteiger charge is -2.02. The zero-order chi connectivity index (χ0) is 5.70. The highest BCUT2D eigenvalue weighted by molar-refractivity contribution is 7.16. The monoisotopic (exact) mass is 114 g/mol. The SMILES string of the molecule is [B]CC(C)CCP. The summed E-state index contributed by atoms with van der Waals surface area (Å²) in [7, 11) is 8.05. The third-order valence-corrected chi connectivity index (χ3v) is 1.40. The molecule has 0 bridgehead atoms. The highest BCUT2D eigenvalue weighted by Crippen LogP contribution is 2.06. The summed E-state index contributed by atoms with van der Waals surface area (Å²) in [6, 6.07) is 0. The van der Waals surface area contributed by atoms with Gasteiger partial charge in [0.05, 0.1) is 7.85 Å². The van der Waals surface area contributed by atoms with E-state index in [9.17, 15) is 0 Å². The van der Waals surface area contributed by atoms with Crippen LogP contribution in [0, 0.1) is 5.92 Å². The summed E-state index contributed by atoms with van der Waals surface area (Å²) in [6.45, 7) is 2.17. The number of hydrogen-bond acceptors (Lipinski definition) is 0. The van der Waals surface area contributed by atoms with Crippen LogP contribution in [0.5, 0.6) is 0 Å². The van der Waals surface area contributed by atoms with E-state index in [0.29, 0.717) is 5.92 Å². The molecule has 0 heterocycles. The van der Waals surface area contributed by atoms with E-state index in [2.05, 4.69) is 16.2 Å². The van der Waals surface area contributed by atoms with Gasteiger partial charge in [0, 0.05) is 0 Å². The van der Waals surface area contributed by atoms with Crippen LogP contribution in [0.2, 0.25) is 6.32 Å². The van der Waals surface area contributed by atoms with Gasteiger partial charge in [-0.2, -0.15) is 0 Å². The Morgan fingerprint density at radius 2 is 2.29 bits per heavy atom. The lowest BCUT2D eigenvalue weighted by Crippen LogP contribution is -1.92. The second-order valence-corrected chi connectivity index (χ2v) is 2.50. The molecule has 7 heavy (non-hydrogen) atoms. The normalized spacial score (nSPS) is 14.0. The second-order valence-electron chi connectivity index (χ2n) is 1.92. The van der Waals surface area contributed by atoms with Crippen molar-refractivity contribution in [3.05, 3.63) is 0 Å². The van der Waals surface area contributed by atoms with Crippen molar-refractivity contribution >= 4 is 17.1 Å². The molecule has 0 aliphatic carbocycles. The topological polar surface area (TPSA) is 0 Å². The summed E-state index contributed by atoms with van der Waals surface area (Å²) >= 11 is 0. The van der Waals surface area contributed by atoms with E-state index in [-0.39, 0.29) is 0 Å². The molecule has 0 amide bonds. The molecule has 0 spiro atoms. The minimum Gasteiger partial charge on any atom is -0.138 e. The minimum atomic E-state index is 0.706. The molecular weight excluding hydrogens is 102 g/mol. The van der Waals surface area contributed by atoms with Crippen LogP contribution in [-0.2, 0) is 0 Å². The van der Waals surface area contributed by atoms with Gasteiger partial charge in [-0.1, -0.05) is 19.2 Å². The fourth-order valence-electron chi connectivity index (χ4n) is 0.402. The third-order valence-electron chi connectivity index (χ3n) is 1.06. The molecule has 0 aliphatic rings. The van der Waals surface area contributed by atoms with Crippen LogP contribution in [0.4, 0.5) is 0 Å². The maximum Gasteiger partial charge on any atom is 0.0656 e. The van der Waals surface area contributed by atoms with E-state index in [1.807, 2.05) is 0 Å². The summed E-state index contributed by atoms with van der Waals surface area (Å²) in [5.41, 5.74) is 0. The van der Waals surface area contributed by atoms with Gasteiger partial charge in [0.1, 0.15) is 0 Å². The van der Waals surface area contributed by atoms with Crippen molar-refractivity contribution in [3.63, 3.8) is 0 Å². The van der Waals surface area contributed by atoms with Gasteiger partial charge in [-0.3, -0.25) is 0 Å². The maximum atomic E-state index is 5.35. The predicted octanol–water partition coefficient (Wildman–Crippen LogP) is 1.47. The molecule has 2 heteroatoms. The first-order chi connectivity index (χ1) is 3.31. The van der Waals surface area contributed by atoms with E-state index in [0.717, 1.165) is 6.32 Å². The fraction of sp³-hybridized carbons (Fsp3) is 1.00. The van der Waals surface area contributed by atoms with Crippen LogP contribution >= 0.6 is 9.24 Å². The second kappa shape index (κ2) is 4.65. The van der Waals surface area contributed by atoms with Crippen LogP contribution in [-0.4, -0.2) is 14.0 Å². The zero-order valence-electron chi connectivity index (χ0n) is 4.85. The summed E-state index contributed by atoms with van der Waals surface area (Å²) < 4.78 is 0. The summed E-state index contributed by atoms with van der Waals surface area (Å²) in [5, 5.41) is 0. The summed E-state index contributed by atoms with van der Waals surface area (Å²) in [6.07, 6.45) is 3.24. The van der Waals surface area contributed by atoms with E-state index in [4.69, 9.17) is 7.85 Å². The molecule has 0 saturated carbocycles. The first kappa shape index (κ1) is 7.49. The molecule has 0 aliphatic heterocycles. The van der Waals surface area contributed by atoms with Crippen molar-refractivity contribution in [3.8, 4) is 0 Å². The number of hydrogen-bond donors (Lipinski definition) is 0. The standard InChI is InChI=1S/C5H12BP/c1-5(4-6)2-3-7/h5H,2-4,7H2,1H3. The Hall–Kier alpha value is 0.495. The van der Waals surface area contributed by atoms with Gasteiger partial charge in [0.25, 0.3) is 0 Å². The van der Waals surface area contributed by atoms with Gasteiger partial charge in [0.2, 0.25) is 0 Å². The third kappa shape index (κ3) is 4.35. The molecule has 2 radical (unpaired) electrons. The maximum absolute atomic E-state index is 5.35. The van der Waals surface area contributed by atoms with Crippen molar-refractivity contribution in [1.29, 1.82) is 0 Å². The van der Waals surface area contributed by atoms with E-state index in [1.54, 1.807) is 0 Å². The van der Waals surface area contributed by atoms with E-state index in [1.165, 1.54) is 12.6 Å². The van der Waals surface area contributed by atoms with Crippen molar-refractivity contribution in [2.75, 3.05) is 6.16 Å². The Balaban J connectivity index is 2.83. The Morgan fingerprint density at radius 3 is 2.43 bits per heavy atom. The van der Waals surface area contributed by atoms with Crippen LogP contribution in [0.15, 0.2) is 0 Å². The van der Waals surface area contributed by atoms with Crippen molar-refractivity contribution in [2.24, 2.45) is 5.92 Å². The summed E-state index contributed by atoms with van der Waals surface area (Å²) in [5.74, 6) is 0.706. The molecule has 0 saturated heterocycles. The average molecular weight is 114 g/mol. The van der Waals surface area contributed by atoms with Gasteiger partial charge in [-0.25, -0.2) is 0 Å². The molecule has 0 N–H and O–H groups in total. The Morgan fingerprint density at radius 1 is 1.71 bits per heavy atom. The van der Waals surface area contributed by atoms with E-state index >= 15 is 0 Å². The van der Waals surface area contributed by atoms with Crippen LogP contribution in [0.3, 0.4) is 0 Å². The molecule has 0 aromatic rings. The van der Waals surface area contributed by atoms with Crippen molar-refractivity contribution in [1.82, 2.24) is 0 Å². The molecule has 0 aromatic heterocycles. The van der Waals surface area contributed by atoms with Crippen molar-refractivity contribution < 1.29 is 0 Å². The van der Waals surface area contributed by atoms with Crippen molar-refractivity contribution in [2.45, 2.75) is 19.7 Å². The van der Waals surface area contributed by atoms with Gasteiger partial charge in [-0.15, -0.1) is 9.24 Å². The average Bonchev–Trinajstić information content (AvgIpc) is 1.68. The Labute approximate surface area is 49.7 Å². The largest absolute Gasteiger partial charge is 0.138 e. The predicted molar refractivity (Wildman–Crippen MR) is 38.9 cm³/mol. The molecule has 0 rings (SSSR count). The lowest BCUT2D eigenvalue weighted by atomic mass is 9.91.